The molecule has 2 N–H and O–H groups in total. The van der Waals surface area contributed by atoms with Crippen LogP contribution in [0.15, 0.2) is 84.9 Å². The van der Waals surface area contributed by atoms with Gasteiger partial charge in [0, 0.05) is 74.9 Å². The van der Waals surface area contributed by atoms with E-state index in [0.29, 0.717) is 34.0 Å². The molecule has 2 fully saturated rings. The molecule has 13 heteroatoms. The van der Waals surface area contributed by atoms with Crippen molar-refractivity contribution in [1.82, 2.24) is 9.80 Å². The summed E-state index contributed by atoms with van der Waals surface area (Å²) in [6, 6.07) is 25.1. The molecule has 4 aromatic rings. The van der Waals surface area contributed by atoms with Crippen LogP contribution in [0.25, 0.3) is 0 Å². The zero-order chi connectivity index (χ0) is 35.7. The minimum absolute atomic E-state index is 0.0427. The molecular formula is C38H45BN6O6. The first-order chi connectivity index (χ1) is 24.8. The van der Waals surface area contributed by atoms with Crippen molar-refractivity contribution < 1.29 is 28.4 Å². The summed E-state index contributed by atoms with van der Waals surface area (Å²) in [7, 11) is 7.51. The van der Waals surface area contributed by atoms with Crippen LogP contribution in [0.1, 0.15) is 20.7 Å². The lowest BCUT2D eigenvalue weighted by molar-refractivity contribution is 0.101. The number of likely N-dealkylation sites (N-methyl/N-ethyl adjacent to an activating group) is 2. The third-order valence-electron chi connectivity index (χ3n) is 9.25. The second-order valence-corrected chi connectivity index (χ2v) is 12.7. The van der Waals surface area contributed by atoms with Crippen LogP contribution in [-0.2, 0) is 0 Å². The van der Waals surface area contributed by atoms with Crippen LogP contribution in [0.4, 0.5) is 22.7 Å². The fraction of sp³-hybridized carbons (Fsp3) is 0.316. The van der Waals surface area contributed by atoms with E-state index in [1.54, 1.807) is 62.8 Å². The van der Waals surface area contributed by atoms with Crippen molar-refractivity contribution >= 4 is 42.2 Å². The number of anilines is 4. The van der Waals surface area contributed by atoms with Gasteiger partial charge in [-0.05, 0) is 99.0 Å². The van der Waals surface area contributed by atoms with Crippen LogP contribution in [0.2, 0.25) is 0 Å². The van der Waals surface area contributed by atoms with E-state index in [9.17, 15) is 9.59 Å². The Morgan fingerprint density at radius 1 is 0.549 bits per heavy atom. The molecule has 266 valence electrons. The van der Waals surface area contributed by atoms with Gasteiger partial charge < -0.3 is 49.0 Å². The number of ether oxygens (including phenoxy) is 2. The van der Waals surface area contributed by atoms with E-state index in [2.05, 4.69) is 44.3 Å². The number of piperazine rings is 2. The summed E-state index contributed by atoms with van der Waals surface area (Å²) in [6.07, 6.45) is 0. The second-order valence-electron chi connectivity index (χ2n) is 12.7. The SMILES string of the molecule is COc1ccc(NC(=O)c2ccc(OBOc3ccc(C(=O)Nc4ccc(OC)c(N5CCN(C)CC5)c4)cc3)cc2)cc1N1CCN(C)CC1. The van der Waals surface area contributed by atoms with E-state index in [-0.39, 0.29) is 19.5 Å². The normalized spacial score (nSPS) is 15.1. The van der Waals surface area contributed by atoms with Crippen molar-refractivity contribution in [3.8, 4) is 23.0 Å². The highest BCUT2D eigenvalue weighted by atomic mass is 16.6. The third kappa shape index (κ3) is 9.05. The average Bonchev–Trinajstić information content (AvgIpc) is 3.16. The van der Waals surface area contributed by atoms with E-state index in [1.165, 1.54) is 0 Å². The molecule has 0 bridgehead atoms. The van der Waals surface area contributed by atoms with Crippen LogP contribution in [0.5, 0.6) is 23.0 Å². The predicted molar refractivity (Wildman–Crippen MR) is 203 cm³/mol. The lowest BCUT2D eigenvalue weighted by Crippen LogP contribution is -2.44. The van der Waals surface area contributed by atoms with Crippen molar-refractivity contribution in [2.75, 3.05) is 101 Å². The summed E-state index contributed by atoms with van der Waals surface area (Å²) >= 11 is 0. The van der Waals surface area contributed by atoms with Crippen LogP contribution >= 0.6 is 0 Å². The maximum atomic E-state index is 13.0. The van der Waals surface area contributed by atoms with Gasteiger partial charge in [-0.3, -0.25) is 9.59 Å². The topological polar surface area (TPSA) is 108 Å². The molecule has 0 unspecified atom stereocenters. The number of rotatable bonds is 12. The molecule has 51 heavy (non-hydrogen) atoms. The van der Waals surface area contributed by atoms with Crippen LogP contribution in [0, 0.1) is 0 Å². The van der Waals surface area contributed by atoms with E-state index < -0.39 is 0 Å². The van der Waals surface area contributed by atoms with E-state index in [4.69, 9.17) is 18.8 Å². The van der Waals surface area contributed by atoms with E-state index >= 15 is 0 Å². The lowest BCUT2D eigenvalue weighted by atomic mass is 10.1. The standard InChI is InChI=1S/C38H45BN6O6/c1-42-17-21-44(22-18-42)33-25-29(9-15-35(33)48-3)40-37(46)27-5-11-31(12-6-27)50-39-51-32-13-7-28(8-14-32)38(47)41-30-10-16-36(49-4)34(26-30)45-23-19-43(2)20-24-45/h5-16,25-26,39H,17-24H2,1-4H3,(H,40,46)(H,41,47). The van der Waals surface area contributed by atoms with E-state index in [0.717, 1.165) is 75.2 Å². The zero-order valence-electron chi connectivity index (χ0n) is 29.7. The average molecular weight is 693 g/mol. The van der Waals surface area contributed by atoms with Crippen molar-refractivity contribution in [3.63, 3.8) is 0 Å². The van der Waals surface area contributed by atoms with Crippen LogP contribution in [-0.4, -0.2) is 110 Å². The number of benzene rings is 4. The summed E-state index contributed by atoms with van der Waals surface area (Å²) < 4.78 is 22.7. The lowest BCUT2D eigenvalue weighted by Gasteiger charge is -2.34. The number of amides is 2. The molecular weight excluding hydrogens is 647 g/mol. The molecule has 2 heterocycles. The van der Waals surface area contributed by atoms with Crippen molar-refractivity contribution in [2.45, 2.75) is 0 Å². The molecule has 0 radical (unpaired) electrons. The van der Waals surface area contributed by atoms with Gasteiger partial charge >= 0.3 is 7.69 Å². The Bertz CT molecular complexity index is 1660. The first kappa shape index (κ1) is 35.4. The van der Waals surface area contributed by atoms with Gasteiger partial charge in [0.15, 0.2) is 0 Å². The number of nitrogens with one attached hydrogen (secondary N) is 2. The van der Waals surface area contributed by atoms with Gasteiger partial charge in [-0.15, -0.1) is 0 Å². The summed E-state index contributed by atoms with van der Waals surface area (Å²) in [5, 5.41) is 5.99. The molecule has 0 saturated carbocycles. The van der Waals surface area contributed by atoms with Crippen molar-refractivity contribution in [3.05, 3.63) is 96.1 Å². The molecule has 0 aliphatic carbocycles. The van der Waals surface area contributed by atoms with Gasteiger partial charge in [-0.2, -0.15) is 0 Å². The van der Waals surface area contributed by atoms with Crippen LogP contribution in [0.3, 0.4) is 0 Å². The minimum atomic E-state index is -0.223. The Balaban J connectivity index is 0.979. The fourth-order valence-electron chi connectivity index (χ4n) is 6.10. The maximum Gasteiger partial charge on any atom is 0.576 e. The summed E-state index contributed by atoms with van der Waals surface area (Å²) in [5.41, 5.74) is 4.33. The molecule has 2 aliphatic heterocycles. The Hall–Kier alpha value is -5.40. The molecule has 12 nitrogen and oxygen atoms in total. The minimum Gasteiger partial charge on any atom is -0.529 e. The molecule has 6 rings (SSSR count). The van der Waals surface area contributed by atoms with Crippen LogP contribution < -0.4 is 39.2 Å². The number of carbonyl (C=O) groups excluding carboxylic acids is 2. The highest BCUT2D eigenvalue weighted by Gasteiger charge is 2.20. The fourth-order valence-corrected chi connectivity index (χ4v) is 6.10. The second kappa shape index (κ2) is 16.5. The number of carbonyl (C=O) groups is 2. The number of hydrogen-bond donors (Lipinski definition) is 2. The van der Waals surface area contributed by atoms with Gasteiger partial charge in [-0.25, -0.2) is 0 Å². The van der Waals surface area contributed by atoms with Gasteiger partial charge in [0.2, 0.25) is 0 Å². The molecule has 0 atom stereocenters. The van der Waals surface area contributed by atoms with Crippen molar-refractivity contribution in [1.29, 1.82) is 0 Å². The van der Waals surface area contributed by atoms with Crippen molar-refractivity contribution in [2.24, 2.45) is 0 Å². The molecule has 2 amide bonds. The maximum absolute atomic E-state index is 13.0. The Morgan fingerprint density at radius 3 is 1.27 bits per heavy atom. The highest BCUT2D eigenvalue weighted by molar-refractivity contribution is 6.20. The van der Waals surface area contributed by atoms with E-state index in [1.807, 2.05) is 36.4 Å². The van der Waals surface area contributed by atoms with Gasteiger partial charge in [0.05, 0.1) is 25.6 Å². The monoisotopic (exact) mass is 692 g/mol. The number of hydrogen-bond acceptors (Lipinski definition) is 10. The quantitative estimate of drug-likeness (QED) is 0.207. The largest absolute Gasteiger partial charge is 0.576 e. The third-order valence-corrected chi connectivity index (χ3v) is 9.25. The highest BCUT2D eigenvalue weighted by Crippen LogP contribution is 2.33. The smallest absolute Gasteiger partial charge is 0.529 e. The summed E-state index contributed by atoms with van der Waals surface area (Å²) in [5.74, 6) is 2.22. The Labute approximate surface area is 300 Å². The molecule has 4 aromatic carbocycles. The number of nitrogens with zero attached hydrogens (tertiary/aromatic N) is 4. The Kier molecular flexibility index (Phi) is 11.5. The molecule has 0 spiro atoms. The first-order valence-electron chi connectivity index (χ1n) is 17.1. The molecule has 2 saturated heterocycles. The number of methoxy groups -OCH3 is 2. The Morgan fingerprint density at radius 2 is 0.922 bits per heavy atom. The molecule has 2 aliphatic rings. The molecule has 0 aromatic heterocycles. The van der Waals surface area contributed by atoms with Gasteiger partial charge in [-0.1, -0.05) is 0 Å². The predicted octanol–water partition coefficient (Wildman–Crippen LogP) is 4.44. The zero-order valence-corrected chi connectivity index (χ0v) is 29.7. The first-order valence-corrected chi connectivity index (χ1v) is 17.1. The van der Waals surface area contributed by atoms with Gasteiger partial charge in [0.25, 0.3) is 11.8 Å². The summed E-state index contributed by atoms with van der Waals surface area (Å²) in [6.45, 7) is 7.43. The summed E-state index contributed by atoms with van der Waals surface area (Å²) in [4.78, 5) is 35.2. The van der Waals surface area contributed by atoms with Gasteiger partial charge in [0.1, 0.15) is 23.0 Å².